The topological polar surface area (TPSA) is 95.6 Å². The van der Waals surface area contributed by atoms with Crippen LogP contribution in [0.3, 0.4) is 0 Å². The van der Waals surface area contributed by atoms with Crippen molar-refractivity contribution in [3.63, 3.8) is 0 Å². The number of pyridine rings is 1. The maximum Gasteiger partial charge on any atom is 0.241 e. The molecule has 2 aromatic heterocycles. The molecule has 23 heavy (non-hydrogen) atoms. The number of nitrogens with two attached hydrogens (primary N) is 1. The average Bonchev–Trinajstić information content (AvgIpc) is 2.95. The minimum atomic E-state index is -0.576. The van der Waals surface area contributed by atoms with E-state index in [1.807, 2.05) is 6.07 Å². The zero-order valence-corrected chi connectivity index (χ0v) is 11.9. The number of carbonyl (C=O) groups is 1. The third-order valence-electron chi connectivity index (χ3n) is 3.41. The SMILES string of the molecule is N#Cc1ccc(-c2cnc3[nH]cc(/C=C/C(N)=O)c3c2)cc1F. The van der Waals surface area contributed by atoms with E-state index in [2.05, 4.69) is 9.97 Å². The summed E-state index contributed by atoms with van der Waals surface area (Å²) in [4.78, 5) is 18.1. The molecule has 0 saturated heterocycles. The Labute approximate surface area is 130 Å². The number of nitriles is 1. The van der Waals surface area contributed by atoms with Crippen LogP contribution in [0.4, 0.5) is 4.39 Å². The van der Waals surface area contributed by atoms with Crippen molar-refractivity contribution < 1.29 is 9.18 Å². The largest absolute Gasteiger partial charge is 0.366 e. The Morgan fingerprint density at radius 3 is 2.87 bits per heavy atom. The van der Waals surface area contributed by atoms with Gasteiger partial charge in [0.25, 0.3) is 0 Å². The molecular weight excluding hydrogens is 295 g/mol. The first-order chi connectivity index (χ1) is 11.1. The standard InChI is InChI=1S/C17H11FN4O/c18-15-6-10(1-2-11(15)7-19)13-5-14-12(3-4-16(20)23)8-21-17(14)22-9-13/h1-6,8-9H,(H2,20,23)(H,21,22)/b4-3+. The summed E-state index contributed by atoms with van der Waals surface area (Å²) in [5.41, 5.74) is 7.81. The lowest BCUT2D eigenvalue weighted by atomic mass is 10.0. The van der Waals surface area contributed by atoms with Gasteiger partial charge in [0.15, 0.2) is 0 Å². The number of aromatic nitrogens is 2. The summed E-state index contributed by atoms with van der Waals surface area (Å²) < 4.78 is 13.8. The fourth-order valence-electron chi connectivity index (χ4n) is 2.28. The van der Waals surface area contributed by atoms with Crippen LogP contribution in [0.15, 0.2) is 42.7 Å². The third kappa shape index (κ3) is 2.80. The van der Waals surface area contributed by atoms with Gasteiger partial charge in [-0.3, -0.25) is 4.79 Å². The van der Waals surface area contributed by atoms with Crippen molar-refractivity contribution >= 4 is 23.0 Å². The van der Waals surface area contributed by atoms with Crippen molar-refractivity contribution in [3.05, 3.63) is 59.7 Å². The normalized spacial score (nSPS) is 11.0. The zero-order chi connectivity index (χ0) is 16.4. The van der Waals surface area contributed by atoms with E-state index in [4.69, 9.17) is 11.0 Å². The Balaban J connectivity index is 2.09. The van der Waals surface area contributed by atoms with Crippen LogP contribution in [0.2, 0.25) is 0 Å². The number of halogens is 1. The van der Waals surface area contributed by atoms with Gasteiger partial charge in [-0.1, -0.05) is 6.07 Å². The summed E-state index contributed by atoms with van der Waals surface area (Å²) in [6, 6.07) is 8.01. The van der Waals surface area contributed by atoms with Crippen molar-refractivity contribution in [2.45, 2.75) is 0 Å². The number of carbonyl (C=O) groups excluding carboxylic acids is 1. The molecule has 3 rings (SSSR count). The van der Waals surface area contributed by atoms with E-state index in [9.17, 15) is 9.18 Å². The highest BCUT2D eigenvalue weighted by Gasteiger charge is 2.08. The third-order valence-corrected chi connectivity index (χ3v) is 3.41. The molecule has 3 N–H and O–H groups in total. The van der Waals surface area contributed by atoms with Crippen LogP contribution in [0, 0.1) is 17.1 Å². The minimum Gasteiger partial charge on any atom is -0.366 e. The molecular formula is C17H11FN4O. The summed E-state index contributed by atoms with van der Waals surface area (Å²) in [7, 11) is 0. The van der Waals surface area contributed by atoms with Gasteiger partial charge in [0.1, 0.15) is 17.5 Å². The maximum atomic E-state index is 13.8. The van der Waals surface area contributed by atoms with Gasteiger partial charge < -0.3 is 10.7 Å². The van der Waals surface area contributed by atoms with Crippen LogP contribution < -0.4 is 5.73 Å². The summed E-state index contributed by atoms with van der Waals surface area (Å²) in [5, 5.41) is 9.56. The first-order valence-electron chi connectivity index (χ1n) is 6.73. The van der Waals surface area contributed by atoms with Gasteiger partial charge in [0.2, 0.25) is 5.91 Å². The van der Waals surface area contributed by atoms with E-state index >= 15 is 0 Å². The number of hydrogen-bond donors (Lipinski definition) is 2. The molecule has 0 bridgehead atoms. The van der Waals surface area contributed by atoms with Crippen LogP contribution in [-0.2, 0) is 4.79 Å². The highest BCUT2D eigenvalue weighted by molar-refractivity contribution is 5.95. The molecule has 6 heteroatoms. The predicted molar refractivity (Wildman–Crippen MR) is 84.4 cm³/mol. The number of nitrogens with zero attached hydrogens (tertiary/aromatic N) is 2. The lowest BCUT2D eigenvalue weighted by molar-refractivity contribution is -0.113. The monoisotopic (exact) mass is 306 g/mol. The summed E-state index contributed by atoms with van der Waals surface area (Å²) >= 11 is 0. The van der Waals surface area contributed by atoms with Gasteiger partial charge in [0.05, 0.1) is 5.56 Å². The number of benzene rings is 1. The first kappa shape index (κ1) is 14.5. The van der Waals surface area contributed by atoms with Crippen LogP contribution in [0.1, 0.15) is 11.1 Å². The maximum absolute atomic E-state index is 13.8. The average molecular weight is 306 g/mol. The molecule has 5 nitrogen and oxygen atoms in total. The second kappa shape index (κ2) is 5.73. The number of primary amides is 1. The van der Waals surface area contributed by atoms with Crippen molar-refractivity contribution in [1.29, 1.82) is 5.26 Å². The number of aromatic amines is 1. The summed E-state index contributed by atoms with van der Waals surface area (Å²) in [5.74, 6) is -1.12. The Morgan fingerprint density at radius 2 is 2.17 bits per heavy atom. The lowest BCUT2D eigenvalue weighted by Gasteiger charge is -2.03. The van der Waals surface area contributed by atoms with Gasteiger partial charge in [-0.05, 0) is 29.8 Å². The Hall–Kier alpha value is -3.46. The Morgan fingerprint density at radius 1 is 1.35 bits per heavy atom. The second-order valence-electron chi connectivity index (χ2n) is 4.91. The van der Waals surface area contributed by atoms with Crippen LogP contribution >= 0.6 is 0 Å². The second-order valence-corrected chi connectivity index (χ2v) is 4.91. The van der Waals surface area contributed by atoms with Crippen molar-refractivity contribution in [3.8, 4) is 17.2 Å². The van der Waals surface area contributed by atoms with Crippen molar-refractivity contribution in [2.24, 2.45) is 5.73 Å². The van der Waals surface area contributed by atoms with Crippen LogP contribution in [0.25, 0.3) is 28.2 Å². The molecule has 1 amide bonds. The Bertz CT molecular complexity index is 982. The van der Waals surface area contributed by atoms with Crippen molar-refractivity contribution in [2.75, 3.05) is 0 Å². The van der Waals surface area contributed by atoms with Gasteiger partial charge in [-0.2, -0.15) is 5.26 Å². The molecule has 0 aliphatic heterocycles. The van der Waals surface area contributed by atoms with E-state index in [0.29, 0.717) is 16.8 Å². The predicted octanol–water partition coefficient (Wildman–Crippen LogP) is 2.74. The number of H-pyrrole nitrogens is 1. The molecule has 0 radical (unpaired) electrons. The van der Waals surface area contributed by atoms with Gasteiger partial charge in [0, 0.05) is 35.0 Å². The minimum absolute atomic E-state index is 0.00508. The van der Waals surface area contributed by atoms with E-state index in [-0.39, 0.29) is 5.56 Å². The number of hydrogen-bond acceptors (Lipinski definition) is 3. The van der Waals surface area contributed by atoms with Crippen LogP contribution in [0.5, 0.6) is 0 Å². The van der Waals surface area contributed by atoms with E-state index < -0.39 is 11.7 Å². The number of nitrogens with one attached hydrogen (secondary N) is 1. The molecule has 0 aliphatic carbocycles. The molecule has 0 spiro atoms. The molecule has 0 unspecified atom stereocenters. The summed E-state index contributed by atoms with van der Waals surface area (Å²) in [6.45, 7) is 0. The fraction of sp³-hybridized carbons (Fsp3) is 0. The zero-order valence-electron chi connectivity index (χ0n) is 11.9. The molecule has 0 saturated carbocycles. The van der Waals surface area contributed by atoms with E-state index in [1.54, 1.807) is 30.6 Å². The van der Waals surface area contributed by atoms with Crippen molar-refractivity contribution in [1.82, 2.24) is 9.97 Å². The molecule has 0 aliphatic rings. The number of amides is 1. The molecule has 3 aromatic rings. The Kier molecular flexibility index (Phi) is 3.61. The highest BCUT2D eigenvalue weighted by Crippen LogP contribution is 2.26. The van der Waals surface area contributed by atoms with Crippen LogP contribution in [-0.4, -0.2) is 15.9 Å². The first-order valence-corrected chi connectivity index (χ1v) is 6.73. The quantitative estimate of drug-likeness (QED) is 0.728. The molecule has 2 heterocycles. The molecule has 0 fully saturated rings. The van der Waals surface area contributed by atoms with E-state index in [1.165, 1.54) is 18.2 Å². The van der Waals surface area contributed by atoms with Gasteiger partial charge >= 0.3 is 0 Å². The fourth-order valence-corrected chi connectivity index (χ4v) is 2.28. The highest BCUT2D eigenvalue weighted by atomic mass is 19.1. The number of fused-ring (bicyclic) bond motifs is 1. The molecule has 112 valence electrons. The van der Waals surface area contributed by atoms with Gasteiger partial charge in [-0.15, -0.1) is 0 Å². The van der Waals surface area contributed by atoms with E-state index in [0.717, 1.165) is 10.9 Å². The molecule has 0 atom stereocenters. The summed E-state index contributed by atoms with van der Waals surface area (Å²) in [6.07, 6.45) is 6.17. The smallest absolute Gasteiger partial charge is 0.241 e. The number of rotatable bonds is 3. The van der Waals surface area contributed by atoms with Gasteiger partial charge in [-0.25, -0.2) is 9.37 Å². The lowest BCUT2D eigenvalue weighted by Crippen LogP contribution is -2.04. The molecule has 1 aromatic carbocycles.